The SMILES string of the molecule is C[C@@H](OC(=O)/C=C/c1ccc(Br)o1)C(=O)NC(N)=O. The molecule has 3 N–H and O–H groups in total. The Hall–Kier alpha value is -2.09. The fraction of sp³-hybridized carbons (Fsp3) is 0.182. The number of esters is 1. The maximum atomic E-state index is 11.4. The van der Waals surface area contributed by atoms with Crippen molar-refractivity contribution in [1.82, 2.24) is 5.32 Å². The Morgan fingerprint density at radius 3 is 2.68 bits per heavy atom. The van der Waals surface area contributed by atoms with E-state index in [4.69, 9.17) is 14.9 Å². The van der Waals surface area contributed by atoms with Gasteiger partial charge < -0.3 is 14.9 Å². The van der Waals surface area contributed by atoms with Crippen molar-refractivity contribution in [3.8, 4) is 0 Å². The number of halogens is 1. The number of urea groups is 1. The van der Waals surface area contributed by atoms with Crippen LogP contribution in [0.15, 0.2) is 27.3 Å². The lowest BCUT2D eigenvalue weighted by atomic mass is 10.3. The normalized spacial score (nSPS) is 12.1. The maximum absolute atomic E-state index is 11.4. The van der Waals surface area contributed by atoms with E-state index in [1.165, 1.54) is 13.0 Å². The molecule has 3 amide bonds. The van der Waals surface area contributed by atoms with Crippen molar-refractivity contribution in [2.75, 3.05) is 0 Å². The van der Waals surface area contributed by atoms with E-state index in [-0.39, 0.29) is 0 Å². The van der Waals surface area contributed by atoms with Crippen molar-refractivity contribution in [2.45, 2.75) is 13.0 Å². The molecule has 0 aliphatic heterocycles. The predicted molar refractivity (Wildman–Crippen MR) is 68.7 cm³/mol. The summed E-state index contributed by atoms with van der Waals surface area (Å²) in [6.45, 7) is 1.31. The molecule has 0 radical (unpaired) electrons. The van der Waals surface area contributed by atoms with E-state index in [0.717, 1.165) is 6.08 Å². The number of ether oxygens (including phenoxy) is 1. The molecule has 0 saturated carbocycles. The summed E-state index contributed by atoms with van der Waals surface area (Å²) in [5.41, 5.74) is 4.76. The standard InChI is InChI=1S/C11H11BrN2O5/c1-6(10(16)14-11(13)17)18-9(15)5-3-7-2-4-8(12)19-7/h2-6H,1H3,(H3,13,14,16,17)/b5-3+/t6-/m1/s1. The molecule has 0 spiro atoms. The second-order valence-electron chi connectivity index (χ2n) is 3.41. The van der Waals surface area contributed by atoms with Crippen LogP contribution >= 0.6 is 15.9 Å². The Bertz CT molecular complexity index is 523. The largest absolute Gasteiger partial charge is 0.450 e. The van der Waals surface area contributed by atoms with Crippen LogP contribution in [-0.4, -0.2) is 24.0 Å². The van der Waals surface area contributed by atoms with Crippen molar-refractivity contribution in [3.05, 3.63) is 28.6 Å². The molecule has 0 aliphatic carbocycles. The lowest BCUT2D eigenvalue weighted by Gasteiger charge is -2.09. The number of primary amides is 1. The molecule has 0 aromatic carbocycles. The Morgan fingerprint density at radius 1 is 1.47 bits per heavy atom. The smallest absolute Gasteiger partial charge is 0.331 e. The molecule has 1 rings (SSSR count). The first-order chi connectivity index (χ1) is 8.88. The first-order valence-corrected chi connectivity index (χ1v) is 5.92. The van der Waals surface area contributed by atoms with Gasteiger partial charge in [-0.3, -0.25) is 10.1 Å². The van der Waals surface area contributed by atoms with Crippen molar-refractivity contribution < 1.29 is 23.5 Å². The maximum Gasteiger partial charge on any atom is 0.331 e. The summed E-state index contributed by atoms with van der Waals surface area (Å²) in [5, 5.41) is 1.80. The van der Waals surface area contributed by atoms with E-state index in [0.29, 0.717) is 10.4 Å². The average Bonchev–Trinajstić information content (AvgIpc) is 2.71. The molecule has 0 bridgehead atoms. The summed E-state index contributed by atoms with van der Waals surface area (Å²) in [4.78, 5) is 33.0. The second kappa shape index (κ2) is 6.74. The van der Waals surface area contributed by atoms with Gasteiger partial charge in [-0.05, 0) is 41.1 Å². The highest BCUT2D eigenvalue weighted by atomic mass is 79.9. The van der Waals surface area contributed by atoms with Gasteiger partial charge in [-0.15, -0.1) is 0 Å². The number of nitrogens with two attached hydrogens (primary N) is 1. The molecule has 1 atom stereocenters. The fourth-order valence-corrected chi connectivity index (χ4v) is 1.38. The summed E-state index contributed by atoms with van der Waals surface area (Å²) in [6.07, 6.45) is 1.35. The quantitative estimate of drug-likeness (QED) is 0.636. The molecule has 102 valence electrons. The number of nitrogens with one attached hydrogen (secondary N) is 1. The van der Waals surface area contributed by atoms with Crippen LogP contribution in [0.5, 0.6) is 0 Å². The van der Waals surface area contributed by atoms with E-state index < -0.39 is 24.0 Å². The van der Waals surface area contributed by atoms with Gasteiger partial charge >= 0.3 is 12.0 Å². The number of imide groups is 1. The topological polar surface area (TPSA) is 112 Å². The molecule has 8 heteroatoms. The van der Waals surface area contributed by atoms with Gasteiger partial charge in [0, 0.05) is 6.08 Å². The van der Waals surface area contributed by atoms with Crippen LogP contribution in [0, 0.1) is 0 Å². The van der Waals surface area contributed by atoms with Gasteiger partial charge in [-0.25, -0.2) is 9.59 Å². The molecule has 0 fully saturated rings. The second-order valence-corrected chi connectivity index (χ2v) is 4.19. The van der Waals surface area contributed by atoms with Crippen molar-refractivity contribution in [3.63, 3.8) is 0 Å². The molecule has 19 heavy (non-hydrogen) atoms. The van der Waals surface area contributed by atoms with Crippen LogP contribution in [-0.2, 0) is 14.3 Å². The van der Waals surface area contributed by atoms with Gasteiger partial charge in [-0.1, -0.05) is 0 Å². The molecule has 0 saturated heterocycles. The fourth-order valence-electron chi connectivity index (χ4n) is 1.06. The molecular weight excluding hydrogens is 320 g/mol. The highest BCUT2D eigenvalue weighted by Gasteiger charge is 2.17. The summed E-state index contributed by atoms with van der Waals surface area (Å²) in [5.74, 6) is -1.10. The van der Waals surface area contributed by atoms with Gasteiger partial charge in [0.25, 0.3) is 5.91 Å². The monoisotopic (exact) mass is 330 g/mol. The van der Waals surface area contributed by atoms with Crippen molar-refractivity contribution >= 4 is 39.9 Å². The zero-order valence-corrected chi connectivity index (χ0v) is 11.5. The molecule has 1 heterocycles. The van der Waals surface area contributed by atoms with Crippen LogP contribution in [0.4, 0.5) is 4.79 Å². The third-order valence-electron chi connectivity index (χ3n) is 1.89. The zero-order valence-electron chi connectivity index (χ0n) is 9.88. The first kappa shape index (κ1) is 15.0. The summed E-state index contributed by atoms with van der Waals surface area (Å²) >= 11 is 3.11. The van der Waals surface area contributed by atoms with E-state index in [9.17, 15) is 14.4 Å². The van der Waals surface area contributed by atoms with Gasteiger partial charge in [-0.2, -0.15) is 0 Å². The van der Waals surface area contributed by atoms with E-state index in [1.807, 2.05) is 0 Å². The summed E-state index contributed by atoms with van der Waals surface area (Å²) in [6, 6.07) is 2.29. The van der Waals surface area contributed by atoms with Crippen LogP contribution in [0.25, 0.3) is 6.08 Å². The number of hydrogen-bond donors (Lipinski definition) is 2. The lowest BCUT2D eigenvalue weighted by molar-refractivity contribution is -0.149. The molecule has 1 aromatic rings. The third kappa shape index (κ3) is 5.38. The number of rotatable bonds is 4. The first-order valence-electron chi connectivity index (χ1n) is 5.13. The predicted octanol–water partition coefficient (Wildman–Crippen LogP) is 1.18. The van der Waals surface area contributed by atoms with Crippen LogP contribution in [0.1, 0.15) is 12.7 Å². The highest BCUT2D eigenvalue weighted by Crippen LogP contribution is 2.15. The number of furan rings is 1. The number of amides is 3. The Balaban J connectivity index is 2.48. The Morgan fingerprint density at radius 2 is 2.16 bits per heavy atom. The van der Waals surface area contributed by atoms with Gasteiger partial charge in [0.15, 0.2) is 10.8 Å². The minimum absolute atomic E-state index is 0.443. The Kier molecular flexibility index (Phi) is 5.31. The van der Waals surface area contributed by atoms with E-state index >= 15 is 0 Å². The minimum Gasteiger partial charge on any atom is -0.450 e. The summed E-state index contributed by atoms with van der Waals surface area (Å²) < 4.78 is 10.4. The number of hydrogen-bond acceptors (Lipinski definition) is 5. The van der Waals surface area contributed by atoms with Gasteiger partial charge in [0.2, 0.25) is 0 Å². The number of carbonyl (C=O) groups excluding carboxylic acids is 3. The summed E-state index contributed by atoms with van der Waals surface area (Å²) in [7, 11) is 0. The van der Waals surface area contributed by atoms with Crippen LogP contribution in [0.3, 0.4) is 0 Å². The van der Waals surface area contributed by atoms with Gasteiger partial charge in [0.1, 0.15) is 5.76 Å². The van der Waals surface area contributed by atoms with Crippen LogP contribution in [0.2, 0.25) is 0 Å². The number of carbonyl (C=O) groups is 3. The molecular formula is C11H11BrN2O5. The van der Waals surface area contributed by atoms with Gasteiger partial charge in [0.05, 0.1) is 0 Å². The minimum atomic E-state index is -1.13. The van der Waals surface area contributed by atoms with E-state index in [2.05, 4.69) is 15.9 Å². The third-order valence-corrected chi connectivity index (χ3v) is 2.31. The van der Waals surface area contributed by atoms with Crippen molar-refractivity contribution in [2.24, 2.45) is 5.73 Å². The molecule has 0 aliphatic rings. The van der Waals surface area contributed by atoms with E-state index in [1.54, 1.807) is 17.4 Å². The van der Waals surface area contributed by atoms with Crippen molar-refractivity contribution in [1.29, 1.82) is 0 Å². The molecule has 0 unspecified atom stereocenters. The molecule has 1 aromatic heterocycles. The van der Waals surface area contributed by atoms with Crippen LogP contribution < -0.4 is 11.1 Å². The Labute approximate surface area is 116 Å². The lowest BCUT2D eigenvalue weighted by Crippen LogP contribution is -2.42. The zero-order chi connectivity index (χ0) is 14.4. The average molecular weight is 331 g/mol. The molecule has 7 nitrogen and oxygen atoms in total. The highest BCUT2D eigenvalue weighted by molar-refractivity contribution is 9.10.